The third-order valence-electron chi connectivity index (χ3n) is 6.15. The van der Waals surface area contributed by atoms with Crippen molar-refractivity contribution in [3.63, 3.8) is 0 Å². The smallest absolute Gasteiger partial charge is 0.260 e. The number of anilines is 1. The van der Waals surface area contributed by atoms with Crippen molar-refractivity contribution in [2.24, 2.45) is 0 Å². The van der Waals surface area contributed by atoms with Crippen molar-refractivity contribution in [3.8, 4) is 5.75 Å². The quantitative estimate of drug-likeness (QED) is 0.415. The number of aromatic nitrogens is 1. The molecular weight excluding hydrogens is 434 g/mol. The minimum atomic E-state index is -0.0317. The van der Waals surface area contributed by atoms with Crippen molar-refractivity contribution in [3.05, 3.63) is 65.7 Å². The fourth-order valence-electron chi connectivity index (χ4n) is 4.29. The van der Waals surface area contributed by atoms with Crippen LogP contribution in [0.3, 0.4) is 0 Å². The van der Waals surface area contributed by atoms with E-state index in [4.69, 9.17) is 14.5 Å². The van der Waals surface area contributed by atoms with Gasteiger partial charge >= 0.3 is 0 Å². The van der Waals surface area contributed by atoms with Crippen molar-refractivity contribution >= 4 is 43.4 Å². The van der Waals surface area contributed by atoms with Crippen LogP contribution in [-0.4, -0.2) is 62.3 Å². The number of methoxy groups -OCH3 is 1. The number of hydrogen-bond donors (Lipinski definition) is 0. The second-order valence-corrected chi connectivity index (χ2v) is 9.17. The third-order valence-corrected chi connectivity index (χ3v) is 7.37. The molecular formula is C26H27N3O3S. The zero-order valence-corrected chi connectivity index (χ0v) is 19.7. The van der Waals surface area contributed by atoms with E-state index < -0.39 is 0 Å². The Hall–Kier alpha value is -3.00. The number of hydrogen-bond acceptors (Lipinski definition) is 6. The molecule has 0 bridgehead atoms. The summed E-state index contributed by atoms with van der Waals surface area (Å²) in [5.74, 6) is 0.694. The highest BCUT2D eigenvalue weighted by atomic mass is 32.1. The van der Waals surface area contributed by atoms with Crippen LogP contribution < -0.4 is 9.64 Å². The maximum absolute atomic E-state index is 14.0. The van der Waals surface area contributed by atoms with Gasteiger partial charge in [0.25, 0.3) is 5.91 Å². The molecule has 1 aliphatic heterocycles. The number of thiazole rings is 1. The molecule has 0 N–H and O–H groups in total. The second kappa shape index (κ2) is 9.47. The van der Waals surface area contributed by atoms with Crippen LogP contribution in [0.2, 0.25) is 0 Å². The molecule has 4 aromatic rings. The first kappa shape index (κ1) is 21.8. The molecule has 33 heavy (non-hydrogen) atoms. The van der Waals surface area contributed by atoms with E-state index in [-0.39, 0.29) is 5.91 Å². The predicted octanol–water partition coefficient (Wildman–Crippen LogP) is 4.75. The van der Waals surface area contributed by atoms with Gasteiger partial charge in [0, 0.05) is 31.7 Å². The van der Waals surface area contributed by atoms with Crippen LogP contribution >= 0.6 is 11.3 Å². The minimum Gasteiger partial charge on any atom is -0.494 e. The van der Waals surface area contributed by atoms with Gasteiger partial charge in [-0.3, -0.25) is 14.6 Å². The van der Waals surface area contributed by atoms with Crippen molar-refractivity contribution in [1.82, 2.24) is 9.88 Å². The van der Waals surface area contributed by atoms with Gasteiger partial charge in [-0.1, -0.05) is 53.8 Å². The van der Waals surface area contributed by atoms with Gasteiger partial charge in [0.1, 0.15) is 11.3 Å². The van der Waals surface area contributed by atoms with Gasteiger partial charge in [0.2, 0.25) is 0 Å². The molecule has 2 heterocycles. The maximum atomic E-state index is 14.0. The van der Waals surface area contributed by atoms with Gasteiger partial charge in [0.15, 0.2) is 5.13 Å². The molecule has 0 spiro atoms. The van der Waals surface area contributed by atoms with Crippen molar-refractivity contribution < 1.29 is 14.3 Å². The van der Waals surface area contributed by atoms with Crippen molar-refractivity contribution in [1.29, 1.82) is 0 Å². The Morgan fingerprint density at radius 2 is 1.91 bits per heavy atom. The molecule has 7 heteroatoms. The summed E-state index contributed by atoms with van der Waals surface area (Å²) in [6.45, 7) is 6.61. The lowest BCUT2D eigenvalue weighted by atomic mass is 10.0. The number of amides is 1. The summed E-state index contributed by atoms with van der Waals surface area (Å²) in [7, 11) is 1.65. The summed E-state index contributed by atoms with van der Waals surface area (Å²) in [5.41, 5.74) is 2.62. The Morgan fingerprint density at radius 1 is 1.12 bits per heavy atom. The Balaban J connectivity index is 1.56. The Bertz CT molecular complexity index is 1290. The maximum Gasteiger partial charge on any atom is 0.260 e. The van der Waals surface area contributed by atoms with E-state index in [1.807, 2.05) is 59.5 Å². The number of carbonyl (C=O) groups is 1. The zero-order chi connectivity index (χ0) is 22.8. The highest BCUT2D eigenvalue weighted by Crippen LogP contribution is 2.37. The number of benzene rings is 3. The number of morpholine rings is 1. The summed E-state index contributed by atoms with van der Waals surface area (Å²) in [5, 5.41) is 2.71. The lowest BCUT2D eigenvalue weighted by Crippen LogP contribution is -2.43. The largest absolute Gasteiger partial charge is 0.494 e. The molecule has 0 unspecified atom stereocenters. The molecule has 0 radical (unpaired) electrons. The van der Waals surface area contributed by atoms with Crippen LogP contribution in [0.25, 0.3) is 21.0 Å². The van der Waals surface area contributed by atoms with Crippen LogP contribution in [0.1, 0.15) is 15.9 Å². The van der Waals surface area contributed by atoms with E-state index in [0.717, 1.165) is 65.2 Å². The molecule has 0 aliphatic carbocycles. The number of aryl methyl sites for hydroxylation is 1. The fraction of sp³-hybridized carbons (Fsp3) is 0.308. The number of fused-ring (bicyclic) bond motifs is 2. The topological polar surface area (TPSA) is 54.9 Å². The lowest BCUT2D eigenvalue weighted by Gasteiger charge is -2.29. The summed E-state index contributed by atoms with van der Waals surface area (Å²) < 4.78 is 12.1. The highest BCUT2D eigenvalue weighted by molar-refractivity contribution is 7.22. The molecule has 5 rings (SSSR count). The van der Waals surface area contributed by atoms with Crippen LogP contribution in [0, 0.1) is 6.92 Å². The zero-order valence-electron chi connectivity index (χ0n) is 18.9. The molecule has 170 valence electrons. The number of rotatable bonds is 6. The van der Waals surface area contributed by atoms with Crippen LogP contribution in [0.4, 0.5) is 5.13 Å². The first-order chi connectivity index (χ1) is 16.2. The summed E-state index contributed by atoms with van der Waals surface area (Å²) in [4.78, 5) is 23.0. The third kappa shape index (κ3) is 4.31. The van der Waals surface area contributed by atoms with E-state index >= 15 is 0 Å². The average Bonchev–Trinajstić information content (AvgIpc) is 3.31. The van der Waals surface area contributed by atoms with E-state index in [1.165, 1.54) is 0 Å². The van der Waals surface area contributed by atoms with Gasteiger partial charge < -0.3 is 9.47 Å². The van der Waals surface area contributed by atoms with E-state index in [9.17, 15) is 4.79 Å². The minimum absolute atomic E-state index is 0.0317. The van der Waals surface area contributed by atoms with E-state index in [1.54, 1.807) is 18.4 Å². The van der Waals surface area contributed by atoms with Gasteiger partial charge in [-0.25, -0.2) is 4.98 Å². The Morgan fingerprint density at radius 3 is 2.73 bits per heavy atom. The van der Waals surface area contributed by atoms with Gasteiger partial charge in [-0.2, -0.15) is 0 Å². The summed E-state index contributed by atoms with van der Waals surface area (Å²) >= 11 is 1.55. The standard InChI is InChI=1S/C26H27N3O3S/c1-18-10-11-22(31-2)23-24(18)33-26(27-23)29(13-12-28-14-16-32-17-15-28)25(30)21-9-5-7-19-6-3-4-8-20(19)21/h3-11H,12-17H2,1-2H3. The first-order valence-corrected chi connectivity index (χ1v) is 12.0. The predicted molar refractivity (Wildman–Crippen MR) is 134 cm³/mol. The highest BCUT2D eigenvalue weighted by Gasteiger charge is 2.25. The lowest BCUT2D eigenvalue weighted by molar-refractivity contribution is 0.0391. The normalized spacial score (nSPS) is 14.6. The fourth-order valence-corrected chi connectivity index (χ4v) is 5.36. The number of ether oxygens (including phenoxy) is 2. The molecule has 0 atom stereocenters. The number of carbonyl (C=O) groups excluding carboxylic acids is 1. The molecule has 1 amide bonds. The summed E-state index contributed by atoms with van der Waals surface area (Å²) in [6.07, 6.45) is 0. The Kier molecular flexibility index (Phi) is 6.26. The van der Waals surface area contributed by atoms with Crippen LogP contribution in [0.15, 0.2) is 54.6 Å². The molecule has 3 aromatic carbocycles. The molecule has 1 saturated heterocycles. The second-order valence-electron chi connectivity index (χ2n) is 8.20. The van der Waals surface area contributed by atoms with Crippen LogP contribution in [0.5, 0.6) is 5.75 Å². The van der Waals surface area contributed by atoms with Gasteiger partial charge in [0.05, 0.1) is 25.0 Å². The Labute approximate surface area is 197 Å². The van der Waals surface area contributed by atoms with E-state index in [2.05, 4.69) is 11.8 Å². The van der Waals surface area contributed by atoms with Crippen molar-refractivity contribution in [2.45, 2.75) is 6.92 Å². The molecule has 0 saturated carbocycles. The van der Waals surface area contributed by atoms with E-state index in [0.29, 0.717) is 17.2 Å². The molecule has 6 nitrogen and oxygen atoms in total. The molecule has 1 aliphatic rings. The van der Waals surface area contributed by atoms with Crippen molar-refractivity contribution in [2.75, 3.05) is 51.4 Å². The SMILES string of the molecule is COc1ccc(C)c2sc(N(CCN3CCOCC3)C(=O)c3cccc4ccccc34)nc12. The monoisotopic (exact) mass is 461 g/mol. The first-order valence-electron chi connectivity index (χ1n) is 11.2. The molecule has 1 fully saturated rings. The average molecular weight is 462 g/mol. The van der Waals surface area contributed by atoms with Crippen LogP contribution in [-0.2, 0) is 4.74 Å². The van der Waals surface area contributed by atoms with Gasteiger partial charge in [-0.05, 0) is 35.4 Å². The number of nitrogens with zero attached hydrogens (tertiary/aromatic N) is 3. The van der Waals surface area contributed by atoms with Gasteiger partial charge in [-0.15, -0.1) is 0 Å². The molecule has 1 aromatic heterocycles. The summed E-state index contributed by atoms with van der Waals surface area (Å²) in [6, 6.07) is 17.9.